The SMILES string of the molecule is Cc1cccc(CC2(c3cccc(F)c3)CNC2)c1. The Labute approximate surface area is 113 Å². The lowest BCUT2D eigenvalue weighted by Crippen LogP contribution is -2.58. The summed E-state index contributed by atoms with van der Waals surface area (Å²) in [6, 6.07) is 15.6. The molecule has 1 N–H and O–H groups in total. The van der Waals surface area contributed by atoms with Crippen LogP contribution in [0.4, 0.5) is 4.39 Å². The molecule has 0 radical (unpaired) electrons. The van der Waals surface area contributed by atoms with Gasteiger partial charge in [0.15, 0.2) is 0 Å². The van der Waals surface area contributed by atoms with Crippen LogP contribution in [-0.2, 0) is 11.8 Å². The van der Waals surface area contributed by atoms with E-state index in [4.69, 9.17) is 0 Å². The quantitative estimate of drug-likeness (QED) is 0.888. The first-order chi connectivity index (χ1) is 9.18. The molecule has 0 bridgehead atoms. The molecule has 1 heterocycles. The molecular weight excluding hydrogens is 237 g/mol. The van der Waals surface area contributed by atoms with Crippen LogP contribution in [0.5, 0.6) is 0 Å². The molecule has 0 unspecified atom stereocenters. The van der Waals surface area contributed by atoms with Crippen molar-refractivity contribution in [1.29, 1.82) is 0 Å². The summed E-state index contributed by atoms with van der Waals surface area (Å²) in [5.74, 6) is -0.145. The fourth-order valence-electron chi connectivity index (χ4n) is 2.89. The molecule has 98 valence electrons. The maximum Gasteiger partial charge on any atom is 0.123 e. The molecule has 1 aliphatic rings. The van der Waals surface area contributed by atoms with Crippen molar-refractivity contribution in [2.45, 2.75) is 18.8 Å². The van der Waals surface area contributed by atoms with Gasteiger partial charge in [0.25, 0.3) is 0 Å². The van der Waals surface area contributed by atoms with E-state index in [1.165, 1.54) is 17.2 Å². The van der Waals surface area contributed by atoms with Crippen LogP contribution in [-0.4, -0.2) is 13.1 Å². The Morgan fingerprint density at radius 1 is 1.11 bits per heavy atom. The molecule has 1 aliphatic heterocycles. The molecule has 0 amide bonds. The number of hydrogen-bond acceptors (Lipinski definition) is 1. The molecule has 0 saturated carbocycles. The van der Waals surface area contributed by atoms with E-state index >= 15 is 0 Å². The second-order valence-electron chi connectivity index (χ2n) is 5.56. The predicted octanol–water partition coefficient (Wildman–Crippen LogP) is 3.22. The van der Waals surface area contributed by atoms with E-state index in [1.807, 2.05) is 6.07 Å². The summed E-state index contributed by atoms with van der Waals surface area (Å²) in [6.45, 7) is 3.95. The molecule has 0 aromatic heterocycles. The minimum atomic E-state index is -0.145. The standard InChI is InChI=1S/C17H18FN/c1-13-4-2-5-14(8-13)10-17(11-19-12-17)15-6-3-7-16(18)9-15/h2-9,19H,10-12H2,1H3. The van der Waals surface area contributed by atoms with Crippen LogP contribution in [0.1, 0.15) is 16.7 Å². The van der Waals surface area contributed by atoms with Crippen molar-refractivity contribution in [3.05, 3.63) is 71.0 Å². The smallest absolute Gasteiger partial charge is 0.123 e. The van der Waals surface area contributed by atoms with Gasteiger partial charge in [-0.1, -0.05) is 42.0 Å². The van der Waals surface area contributed by atoms with Crippen LogP contribution in [0.3, 0.4) is 0 Å². The highest BCUT2D eigenvalue weighted by Crippen LogP contribution is 2.33. The fourth-order valence-corrected chi connectivity index (χ4v) is 2.89. The zero-order valence-corrected chi connectivity index (χ0v) is 11.1. The van der Waals surface area contributed by atoms with E-state index in [0.717, 1.165) is 25.1 Å². The maximum atomic E-state index is 13.4. The van der Waals surface area contributed by atoms with Gasteiger partial charge in [0.1, 0.15) is 5.82 Å². The van der Waals surface area contributed by atoms with Crippen molar-refractivity contribution in [2.24, 2.45) is 0 Å². The Hall–Kier alpha value is -1.67. The van der Waals surface area contributed by atoms with Crippen molar-refractivity contribution < 1.29 is 4.39 Å². The van der Waals surface area contributed by atoms with Crippen LogP contribution in [0.15, 0.2) is 48.5 Å². The monoisotopic (exact) mass is 255 g/mol. The van der Waals surface area contributed by atoms with Gasteiger partial charge < -0.3 is 5.32 Å². The van der Waals surface area contributed by atoms with E-state index in [-0.39, 0.29) is 11.2 Å². The third kappa shape index (κ3) is 2.41. The first-order valence-electron chi connectivity index (χ1n) is 6.70. The first-order valence-corrected chi connectivity index (χ1v) is 6.70. The molecule has 2 aromatic carbocycles. The lowest BCUT2D eigenvalue weighted by molar-refractivity contribution is 0.274. The highest BCUT2D eigenvalue weighted by Gasteiger charge is 2.38. The molecule has 0 aliphatic carbocycles. The highest BCUT2D eigenvalue weighted by molar-refractivity contribution is 5.34. The van der Waals surface area contributed by atoms with Crippen molar-refractivity contribution in [1.82, 2.24) is 5.32 Å². The van der Waals surface area contributed by atoms with Crippen LogP contribution < -0.4 is 5.32 Å². The van der Waals surface area contributed by atoms with Crippen LogP contribution in [0.2, 0.25) is 0 Å². The van der Waals surface area contributed by atoms with E-state index in [9.17, 15) is 4.39 Å². The van der Waals surface area contributed by atoms with Gasteiger partial charge in [-0.15, -0.1) is 0 Å². The molecule has 2 heteroatoms. The molecule has 3 rings (SSSR count). The number of aryl methyl sites for hydroxylation is 1. The molecular formula is C17H18FN. The van der Waals surface area contributed by atoms with Gasteiger partial charge in [-0.3, -0.25) is 0 Å². The lowest BCUT2D eigenvalue weighted by atomic mass is 9.71. The number of benzene rings is 2. The van der Waals surface area contributed by atoms with Gasteiger partial charge in [0.05, 0.1) is 0 Å². The van der Waals surface area contributed by atoms with Gasteiger partial charge in [-0.25, -0.2) is 4.39 Å². The second kappa shape index (κ2) is 4.78. The summed E-state index contributed by atoms with van der Waals surface area (Å²) < 4.78 is 13.4. The minimum Gasteiger partial charge on any atom is -0.315 e. The summed E-state index contributed by atoms with van der Waals surface area (Å²) in [5, 5.41) is 3.33. The zero-order chi connectivity index (χ0) is 13.3. The van der Waals surface area contributed by atoms with Gasteiger partial charge in [-0.2, -0.15) is 0 Å². The summed E-state index contributed by atoms with van der Waals surface area (Å²) >= 11 is 0. The van der Waals surface area contributed by atoms with Gasteiger partial charge >= 0.3 is 0 Å². The summed E-state index contributed by atoms with van der Waals surface area (Å²) in [6.07, 6.45) is 0.963. The zero-order valence-electron chi connectivity index (χ0n) is 11.1. The van der Waals surface area contributed by atoms with Crippen molar-refractivity contribution in [3.63, 3.8) is 0 Å². The maximum absolute atomic E-state index is 13.4. The Morgan fingerprint density at radius 3 is 2.53 bits per heavy atom. The summed E-state index contributed by atoms with van der Waals surface area (Å²) in [7, 11) is 0. The van der Waals surface area contributed by atoms with Gasteiger partial charge in [-0.05, 0) is 36.6 Å². The molecule has 0 atom stereocenters. The van der Waals surface area contributed by atoms with Crippen LogP contribution in [0, 0.1) is 12.7 Å². The van der Waals surface area contributed by atoms with E-state index in [2.05, 4.69) is 36.5 Å². The van der Waals surface area contributed by atoms with Crippen LogP contribution in [0.25, 0.3) is 0 Å². The number of rotatable bonds is 3. The first kappa shape index (κ1) is 12.4. The highest BCUT2D eigenvalue weighted by atomic mass is 19.1. The summed E-state index contributed by atoms with van der Waals surface area (Å²) in [5.41, 5.74) is 3.76. The number of hydrogen-bond donors (Lipinski definition) is 1. The molecule has 1 saturated heterocycles. The Balaban J connectivity index is 1.91. The Kier molecular flexibility index (Phi) is 3.11. The summed E-state index contributed by atoms with van der Waals surface area (Å²) in [4.78, 5) is 0. The fraction of sp³-hybridized carbons (Fsp3) is 0.294. The van der Waals surface area contributed by atoms with Crippen LogP contribution >= 0.6 is 0 Å². The third-order valence-corrected chi connectivity index (χ3v) is 3.99. The third-order valence-electron chi connectivity index (χ3n) is 3.99. The molecule has 0 spiro atoms. The molecule has 19 heavy (non-hydrogen) atoms. The molecule has 1 fully saturated rings. The average molecular weight is 255 g/mol. The Bertz CT molecular complexity index is 587. The molecule has 2 aromatic rings. The second-order valence-corrected chi connectivity index (χ2v) is 5.56. The predicted molar refractivity (Wildman–Crippen MR) is 75.8 cm³/mol. The van der Waals surface area contributed by atoms with E-state index in [0.29, 0.717) is 0 Å². The largest absolute Gasteiger partial charge is 0.315 e. The van der Waals surface area contributed by atoms with E-state index in [1.54, 1.807) is 12.1 Å². The van der Waals surface area contributed by atoms with Gasteiger partial charge in [0, 0.05) is 18.5 Å². The van der Waals surface area contributed by atoms with E-state index < -0.39 is 0 Å². The van der Waals surface area contributed by atoms with Crippen molar-refractivity contribution in [2.75, 3.05) is 13.1 Å². The lowest BCUT2D eigenvalue weighted by Gasteiger charge is -2.43. The normalized spacial score (nSPS) is 16.9. The Morgan fingerprint density at radius 2 is 1.89 bits per heavy atom. The number of halogens is 1. The topological polar surface area (TPSA) is 12.0 Å². The average Bonchev–Trinajstić information content (AvgIpc) is 2.34. The minimum absolute atomic E-state index is 0.0515. The van der Waals surface area contributed by atoms with Gasteiger partial charge in [0.2, 0.25) is 0 Å². The number of nitrogens with one attached hydrogen (secondary N) is 1. The van der Waals surface area contributed by atoms with Crippen molar-refractivity contribution >= 4 is 0 Å². The molecule has 1 nitrogen and oxygen atoms in total. The van der Waals surface area contributed by atoms with Crippen molar-refractivity contribution in [3.8, 4) is 0 Å².